The third kappa shape index (κ3) is 2.60. The summed E-state index contributed by atoms with van der Waals surface area (Å²) >= 11 is 17.6. The molecular weight excluding hydrogens is 289 g/mol. The average molecular weight is 302 g/mol. The van der Waals surface area contributed by atoms with Crippen molar-refractivity contribution in [2.75, 3.05) is 0 Å². The molecule has 3 nitrogen and oxygen atoms in total. The zero-order valence-corrected chi connectivity index (χ0v) is 12.4. The van der Waals surface area contributed by atoms with Crippen LogP contribution in [0.25, 0.3) is 11.4 Å². The second-order valence-corrected chi connectivity index (χ2v) is 5.65. The van der Waals surface area contributed by atoms with Gasteiger partial charge in [-0.2, -0.15) is 5.10 Å². The molecule has 1 aromatic carbocycles. The first kappa shape index (κ1) is 13.6. The molecule has 0 bridgehead atoms. The Bertz CT molecular complexity index is 596. The van der Waals surface area contributed by atoms with Gasteiger partial charge in [0.2, 0.25) is 0 Å². The van der Waals surface area contributed by atoms with E-state index in [1.54, 1.807) is 12.1 Å². The van der Waals surface area contributed by atoms with E-state index in [0.29, 0.717) is 32.1 Å². The fourth-order valence-corrected chi connectivity index (χ4v) is 2.53. The number of hydrogen-bond acceptors (Lipinski definition) is 2. The normalized spacial score (nSPS) is 11.2. The van der Waals surface area contributed by atoms with Gasteiger partial charge in [-0.3, -0.25) is 9.67 Å². The molecule has 0 saturated carbocycles. The topological polar surface area (TPSA) is 33.6 Å². The first-order valence-corrected chi connectivity index (χ1v) is 6.76. The third-order valence-corrected chi connectivity index (χ3v) is 3.43. The maximum atomic E-state index is 6.20. The van der Waals surface area contributed by atoms with Crippen LogP contribution >= 0.6 is 35.4 Å². The lowest BCUT2D eigenvalue weighted by Gasteiger charge is -2.11. The molecule has 0 aliphatic carbocycles. The molecular formula is C12H13Cl2N3S. The summed E-state index contributed by atoms with van der Waals surface area (Å²) in [6.45, 7) is 5.01. The summed E-state index contributed by atoms with van der Waals surface area (Å²) in [7, 11) is 0. The lowest BCUT2D eigenvalue weighted by Crippen LogP contribution is -2.06. The van der Waals surface area contributed by atoms with E-state index in [4.69, 9.17) is 35.4 Å². The summed E-state index contributed by atoms with van der Waals surface area (Å²) in [4.78, 5) is 0. The highest BCUT2D eigenvalue weighted by Gasteiger charge is 2.16. The van der Waals surface area contributed by atoms with E-state index >= 15 is 0 Å². The summed E-state index contributed by atoms with van der Waals surface area (Å²) < 4.78 is 2.50. The van der Waals surface area contributed by atoms with Crippen LogP contribution in [-0.4, -0.2) is 14.8 Å². The third-order valence-electron chi connectivity index (χ3n) is 2.49. The van der Waals surface area contributed by atoms with E-state index in [1.807, 2.05) is 10.6 Å². The minimum absolute atomic E-state index is 0.453. The van der Waals surface area contributed by atoms with Crippen molar-refractivity contribution >= 4 is 35.4 Å². The van der Waals surface area contributed by atoms with E-state index < -0.39 is 0 Å². The van der Waals surface area contributed by atoms with E-state index in [9.17, 15) is 0 Å². The van der Waals surface area contributed by atoms with Gasteiger partial charge in [-0.05, 0) is 30.3 Å². The van der Waals surface area contributed by atoms with E-state index in [1.165, 1.54) is 0 Å². The standard InChI is InChI=1S/C12H13Cl2N3S/c1-7(2)6-17-11(15-16-12(17)18)10-8(13)4-3-5-9(10)14/h3-5,7H,6H2,1-2H3,(H,16,18). The fraction of sp³-hybridized carbons (Fsp3) is 0.333. The smallest absolute Gasteiger partial charge is 0.195 e. The zero-order chi connectivity index (χ0) is 13.3. The van der Waals surface area contributed by atoms with E-state index in [0.717, 1.165) is 6.54 Å². The molecule has 0 radical (unpaired) electrons. The number of aromatic amines is 1. The minimum atomic E-state index is 0.453. The van der Waals surface area contributed by atoms with Gasteiger partial charge in [0, 0.05) is 6.54 Å². The Kier molecular flexibility index (Phi) is 4.10. The minimum Gasteiger partial charge on any atom is -0.300 e. The van der Waals surface area contributed by atoms with E-state index in [-0.39, 0.29) is 0 Å². The van der Waals surface area contributed by atoms with Crippen LogP contribution in [0.3, 0.4) is 0 Å². The monoisotopic (exact) mass is 301 g/mol. The number of hydrogen-bond donors (Lipinski definition) is 1. The molecule has 0 amide bonds. The number of halogens is 2. The molecule has 96 valence electrons. The molecule has 0 saturated heterocycles. The molecule has 1 aromatic heterocycles. The van der Waals surface area contributed by atoms with Gasteiger partial charge in [0.1, 0.15) is 0 Å². The molecule has 0 fully saturated rings. The van der Waals surface area contributed by atoms with Crippen molar-refractivity contribution in [1.29, 1.82) is 0 Å². The number of H-pyrrole nitrogens is 1. The van der Waals surface area contributed by atoms with Gasteiger partial charge in [0.15, 0.2) is 10.6 Å². The number of nitrogens with one attached hydrogen (secondary N) is 1. The van der Waals surface area contributed by atoms with Crippen molar-refractivity contribution < 1.29 is 0 Å². The molecule has 0 spiro atoms. The molecule has 0 aliphatic rings. The molecule has 0 aliphatic heterocycles. The Labute approximate surface area is 121 Å². The summed E-state index contributed by atoms with van der Waals surface area (Å²) in [6, 6.07) is 5.39. The zero-order valence-electron chi connectivity index (χ0n) is 10.1. The summed E-state index contributed by atoms with van der Waals surface area (Å²) in [6.07, 6.45) is 0. The van der Waals surface area contributed by atoms with Gasteiger partial charge in [-0.15, -0.1) is 0 Å². The second-order valence-electron chi connectivity index (χ2n) is 4.45. The predicted octanol–water partition coefficient (Wildman–Crippen LogP) is 4.57. The summed E-state index contributed by atoms with van der Waals surface area (Å²) in [5, 5.41) is 8.17. The number of nitrogens with zero attached hydrogens (tertiary/aromatic N) is 2. The first-order valence-electron chi connectivity index (χ1n) is 5.60. The Morgan fingerprint density at radius 2 is 1.94 bits per heavy atom. The highest BCUT2D eigenvalue weighted by Crippen LogP contribution is 2.33. The largest absolute Gasteiger partial charge is 0.300 e. The van der Waals surface area contributed by atoms with Crippen LogP contribution < -0.4 is 0 Å². The van der Waals surface area contributed by atoms with Crippen molar-refractivity contribution in [1.82, 2.24) is 14.8 Å². The Morgan fingerprint density at radius 3 is 2.50 bits per heavy atom. The Hall–Kier alpha value is -0.840. The second kappa shape index (κ2) is 5.43. The predicted molar refractivity (Wildman–Crippen MR) is 77.7 cm³/mol. The van der Waals surface area contributed by atoms with Crippen molar-refractivity contribution in [3.05, 3.63) is 33.0 Å². The van der Waals surface area contributed by atoms with Crippen LogP contribution in [0.15, 0.2) is 18.2 Å². The van der Waals surface area contributed by atoms with Gasteiger partial charge in [0.05, 0.1) is 15.6 Å². The molecule has 6 heteroatoms. The molecule has 0 unspecified atom stereocenters. The average Bonchev–Trinajstić information content (AvgIpc) is 2.61. The van der Waals surface area contributed by atoms with Crippen molar-refractivity contribution in [2.45, 2.75) is 20.4 Å². The first-order chi connectivity index (χ1) is 8.50. The van der Waals surface area contributed by atoms with Crippen LogP contribution in [0, 0.1) is 10.7 Å². The van der Waals surface area contributed by atoms with E-state index in [2.05, 4.69) is 24.0 Å². The van der Waals surface area contributed by atoms with Gasteiger partial charge in [-0.25, -0.2) is 0 Å². The molecule has 2 aromatic rings. The van der Waals surface area contributed by atoms with Crippen LogP contribution in [0.2, 0.25) is 10.0 Å². The van der Waals surface area contributed by atoms with Crippen LogP contribution in [-0.2, 0) is 6.54 Å². The molecule has 0 atom stereocenters. The fourth-order valence-electron chi connectivity index (χ4n) is 1.75. The maximum absolute atomic E-state index is 6.20. The van der Waals surface area contributed by atoms with Crippen molar-refractivity contribution in [3.8, 4) is 11.4 Å². The summed E-state index contributed by atoms with van der Waals surface area (Å²) in [5.74, 6) is 1.14. The molecule has 2 rings (SSSR count). The number of benzene rings is 1. The van der Waals surface area contributed by atoms with Gasteiger partial charge in [-0.1, -0.05) is 43.1 Å². The molecule has 1 N–H and O–H groups in total. The van der Waals surface area contributed by atoms with Crippen LogP contribution in [0.1, 0.15) is 13.8 Å². The summed E-state index contributed by atoms with van der Waals surface area (Å²) in [5.41, 5.74) is 0.717. The number of rotatable bonds is 3. The Balaban J connectivity index is 2.61. The van der Waals surface area contributed by atoms with Crippen molar-refractivity contribution in [3.63, 3.8) is 0 Å². The molecule has 1 heterocycles. The lowest BCUT2D eigenvalue weighted by molar-refractivity contribution is 0.521. The van der Waals surface area contributed by atoms with Gasteiger partial charge < -0.3 is 0 Å². The SMILES string of the molecule is CC(C)Cn1c(-c2c(Cl)cccc2Cl)n[nH]c1=S. The highest BCUT2D eigenvalue weighted by molar-refractivity contribution is 7.71. The van der Waals surface area contributed by atoms with Crippen LogP contribution in [0.4, 0.5) is 0 Å². The van der Waals surface area contributed by atoms with Crippen molar-refractivity contribution in [2.24, 2.45) is 5.92 Å². The maximum Gasteiger partial charge on any atom is 0.195 e. The number of aromatic nitrogens is 3. The Morgan fingerprint density at radius 1 is 1.33 bits per heavy atom. The van der Waals surface area contributed by atoms with Crippen LogP contribution in [0.5, 0.6) is 0 Å². The molecule has 18 heavy (non-hydrogen) atoms. The quantitative estimate of drug-likeness (QED) is 0.843. The van der Waals surface area contributed by atoms with Gasteiger partial charge in [0.25, 0.3) is 0 Å². The van der Waals surface area contributed by atoms with Gasteiger partial charge >= 0.3 is 0 Å². The lowest BCUT2D eigenvalue weighted by atomic mass is 10.2. The highest BCUT2D eigenvalue weighted by atomic mass is 35.5.